The van der Waals surface area contributed by atoms with Crippen LogP contribution in [0, 0.1) is 0 Å². The highest BCUT2D eigenvalue weighted by atomic mass is 16.5. The maximum atomic E-state index is 13.0. The Hall–Kier alpha value is -3.67. The predicted octanol–water partition coefficient (Wildman–Crippen LogP) is 3.69. The smallest absolute Gasteiger partial charge is 0.259 e. The lowest BCUT2D eigenvalue weighted by Crippen LogP contribution is -2.31. The summed E-state index contributed by atoms with van der Waals surface area (Å²) in [7, 11) is 1.59. The van der Waals surface area contributed by atoms with Gasteiger partial charge in [0.05, 0.1) is 18.2 Å². The first-order valence-electron chi connectivity index (χ1n) is 9.36. The van der Waals surface area contributed by atoms with Gasteiger partial charge in [-0.15, -0.1) is 0 Å². The maximum absolute atomic E-state index is 13.0. The van der Waals surface area contributed by atoms with Crippen LogP contribution in [0.25, 0.3) is 0 Å². The number of para-hydroxylation sites is 2. The van der Waals surface area contributed by atoms with Crippen LogP contribution in [0.3, 0.4) is 0 Å². The third-order valence-corrected chi connectivity index (χ3v) is 4.51. The number of amides is 2. The summed E-state index contributed by atoms with van der Waals surface area (Å²) in [6.07, 6.45) is 2.93. The first-order chi connectivity index (χ1) is 14.1. The summed E-state index contributed by atoms with van der Waals surface area (Å²) in [6, 6.07) is 18.5. The van der Waals surface area contributed by atoms with E-state index in [9.17, 15) is 9.59 Å². The Kier molecular flexibility index (Phi) is 6.58. The summed E-state index contributed by atoms with van der Waals surface area (Å²) in [5, 5.41) is 2.85. The van der Waals surface area contributed by atoms with E-state index < -0.39 is 0 Å². The van der Waals surface area contributed by atoms with Gasteiger partial charge < -0.3 is 15.0 Å². The molecule has 1 N–H and O–H groups in total. The Labute approximate surface area is 170 Å². The SMILES string of the molecule is CCN(C(=O)c1cncc(C(=O)NCc2ccccc2OC)c1)c1ccccc1. The van der Waals surface area contributed by atoms with Crippen LogP contribution in [0.1, 0.15) is 33.2 Å². The van der Waals surface area contributed by atoms with Crippen LogP contribution in [-0.4, -0.2) is 30.5 Å². The molecule has 3 aromatic rings. The number of anilines is 1. The first kappa shape index (κ1) is 20.1. The molecule has 0 aliphatic heterocycles. The average Bonchev–Trinajstić information content (AvgIpc) is 2.79. The van der Waals surface area contributed by atoms with Crippen molar-refractivity contribution in [2.45, 2.75) is 13.5 Å². The molecule has 29 heavy (non-hydrogen) atoms. The second-order valence-electron chi connectivity index (χ2n) is 6.34. The zero-order valence-corrected chi connectivity index (χ0v) is 16.5. The van der Waals surface area contributed by atoms with Gasteiger partial charge in [-0.25, -0.2) is 0 Å². The number of carbonyl (C=O) groups is 2. The Bertz CT molecular complexity index is 989. The second-order valence-corrected chi connectivity index (χ2v) is 6.34. The minimum absolute atomic E-state index is 0.203. The number of methoxy groups -OCH3 is 1. The van der Waals surface area contributed by atoms with Gasteiger partial charge in [0.2, 0.25) is 0 Å². The van der Waals surface area contributed by atoms with Crippen LogP contribution < -0.4 is 15.0 Å². The molecule has 0 unspecified atom stereocenters. The topological polar surface area (TPSA) is 71.5 Å². The monoisotopic (exact) mass is 389 g/mol. The van der Waals surface area contributed by atoms with Gasteiger partial charge in [-0.05, 0) is 31.2 Å². The van der Waals surface area contributed by atoms with Crippen molar-refractivity contribution in [2.75, 3.05) is 18.6 Å². The Balaban J connectivity index is 1.74. The van der Waals surface area contributed by atoms with Gasteiger partial charge in [0, 0.05) is 36.7 Å². The molecular formula is C23H23N3O3. The number of nitrogens with one attached hydrogen (secondary N) is 1. The van der Waals surface area contributed by atoms with E-state index in [0.29, 0.717) is 30.0 Å². The third kappa shape index (κ3) is 4.79. The summed E-state index contributed by atoms with van der Waals surface area (Å²) in [6.45, 7) is 2.72. The maximum Gasteiger partial charge on any atom is 0.259 e. The molecule has 3 rings (SSSR count). The minimum atomic E-state index is -0.305. The lowest BCUT2D eigenvalue weighted by atomic mass is 10.1. The molecule has 0 bridgehead atoms. The lowest BCUT2D eigenvalue weighted by Gasteiger charge is -2.21. The van der Waals surface area contributed by atoms with Gasteiger partial charge in [-0.1, -0.05) is 36.4 Å². The van der Waals surface area contributed by atoms with Crippen molar-refractivity contribution >= 4 is 17.5 Å². The van der Waals surface area contributed by atoms with Crippen molar-refractivity contribution in [1.82, 2.24) is 10.3 Å². The fourth-order valence-electron chi connectivity index (χ4n) is 3.01. The average molecular weight is 389 g/mol. The van der Waals surface area contributed by atoms with E-state index in [4.69, 9.17) is 4.74 Å². The van der Waals surface area contributed by atoms with Gasteiger partial charge in [0.1, 0.15) is 5.75 Å². The highest BCUT2D eigenvalue weighted by Crippen LogP contribution is 2.18. The number of hydrogen-bond donors (Lipinski definition) is 1. The number of carbonyl (C=O) groups excluding carboxylic acids is 2. The molecule has 2 aromatic carbocycles. The Morgan fingerprint density at radius 1 is 1.00 bits per heavy atom. The predicted molar refractivity (Wildman–Crippen MR) is 112 cm³/mol. The highest BCUT2D eigenvalue weighted by Gasteiger charge is 2.18. The second kappa shape index (κ2) is 9.50. The van der Waals surface area contributed by atoms with E-state index in [2.05, 4.69) is 10.3 Å². The van der Waals surface area contributed by atoms with Crippen LogP contribution in [0.5, 0.6) is 5.75 Å². The van der Waals surface area contributed by atoms with E-state index in [0.717, 1.165) is 11.3 Å². The van der Waals surface area contributed by atoms with Crippen LogP contribution in [0.4, 0.5) is 5.69 Å². The summed E-state index contributed by atoms with van der Waals surface area (Å²) in [5.41, 5.74) is 2.35. The number of pyridine rings is 1. The molecule has 0 saturated heterocycles. The summed E-state index contributed by atoms with van der Waals surface area (Å²) >= 11 is 0. The van der Waals surface area contributed by atoms with Crippen LogP contribution >= 0.6 is 0 Å². The minimum Gasteiger partial charge on any atom is -0.496 e. The lowest BCUT2D eigenvalue weighted by molar-refractivity contribution is 0.0950. The van der Waals surface area contributed by atoms with Gasteiger partial charge in [-0.3, -0.25) is 14.6 Å². The number of hydrogen-bond acceptors (Lipinski definition) is 4. The molecule has 1 aromatic heterocycles. The molecule has 148 valence electrons. The number of nitrogens with zero attached hydrogens (tertiary/aromatic N) is 2. The zero-order valence-electron chi connectivity index (χ0n) is 16.5. The summed E-state index contributed by atoms with van der Waals surface area (Å²) < 4.78 is 5.30. The molecule has 2 amide bonds. The van der Waals surface area contributed by atoms with E-state index in [-0.39, 0.29) is 11.8 Å². The molecular weight excluding hydrogens is 366 g/mol. The van der Waals surface area contributed by atoms with Crippen molar-refractivity contribution in [3.05, 3.63) is 89.7 Å². The molecule has 0 saturated carbocycles. The molecule has 6 heteroatoms. The van der Waals surface area contributed by atoms with Gasteiger partial charge in [0.25, 0.3) is 11.8 Å². The van der Waals surface area contributed by atoms with Gasteiger partial charge in [0.15, 0.2) is 0 Å². The molecule has 0 aliphatic rings. The van der Waals surface area contributed by atoms with Crippen molar-refractivity contribution in [3.63, 3.8) is 0 Å². The third-order valence-electron chi connectivity index (χ3n) is 4.51. The molecule has 0 spiro atoms. The number of ether oxygens (including phenoxy) is 1. The van der Waals surface area contributed by atoms with Gasteiger partial charge in [-0.2, -0.15) is 0 Å². The highest BCUT2D eigenvalue weighted by molar-refractivity contribution is 6.07. The largest absolute Gasteiger partial charge is 0.496 e. The number of rotatable bonds is 7. The van der Waals surface area contributed by atoms with E-state index in [1.54, 1.807) is 18.1 Å². The normalized spacial score (nSPS) is 10.3. The van der Waals surface area contributed by atoms with Crippen molar-refractivity contribution < 1.29 is 14.3 Å². The number of aromatic nitrogens is 1. The molecule has 6 nitrogen and oxygen atoms in total. The van der Waals surface area contributed by atoms with Crippen molar-refractivity contribution in [2.24, 2.45) is 0 Å². The van der Waals surface area contributed by atoms with Crippen LogP contribution in [-0.2, 0) is 6.54 Å². The quantitative estimate of drug-likeness (QED) is 0.669. The molecule has 0 aliphatic carbocycles. The van der Waals surface area contributed by atoms with Crippen molar-refractivity contribution in [1.29, 1.82) is 0 Å². The fourth-order valence-corrected chi connectivity index (χ4v) is 3.01. The first-order valence-corrected chi connectivity index (χ1v) is 9.36. The number of benzene rings is 2. The van der Waals surface area contributed by atoms with E-state index in [1.165, 1.54) is 12.4 Å². The fraction of sp³-hybridized carbons (Fsp3) is 0.174. The Morgan fingerprint density at radius 3 is 2.41 bits per heavy atom. The molecule has 1 heterocycles. The van der Waals surface area contributed by atoms with Crippen molar-refractivity contribution in [3.8, 4) is 5.75 Å². The molecule has 0 radical (unpaired) electrons. The summed E-state index contributed by atoms with van der Waals surface area (Å²) in [4.78, 5) is 31.3. The molecule has 0 fully saturated rings. The summed E-state index contributed by atoms with van der Waals surface area (Å²) in [5.74, 6) is 0.197. The van der Waals surface area contributed by atoms with Crippen LogP contribution in [0.15, 0.2) is 73.1 Å². The van der Waals surface area contributed by atoms with E-state index in [1.807, 2.05) is 61.5 Å². The zero-order chi connectivity index (χ0) is 20.6. The molecule has 0 atom stereocenters. The van der Waals surface area contributed by atoms with E-state index >= 15 is 0 Å². The van der Waals surface area contributed by atoms with Crippen LogP contribution in [0.2, 0.25) is 0 Å². The Morgan fingerprint density at radius 2 is 1.69 bits per heavy atom. The van der Waals surface area contributed by atoms with Gasteiger partial charge >= 0.3 is 0 Å². The standard InChI is InChI=1S/C23H23N3O3/c1-3-26(20-10-5-4-6-11-20)23(28)19-13-18(14-24-15-19)22(27)25-16-17-9-7-8-12-21(17)29-2/h4-15H,3,16H2,1-2H3,(H,25,27).